The summed E-state index contributed by atoms with van der Waals surface area (Å²) in [4.78, 5) is 3.87. The molecule has 0 N–H and O–H groups in total. The summed E-state index contributed by atoms with van der Waals surface area (Å²) >= 11 is 4.72. The van der Waals surface area contributed by atoms with E-state index in [1.165, 1.54) is 6.07 Å². The van der Waals surface area contributed by atoms with Crippen LogP contribution in [0.25, 0.3) is 0 Å². The molecule has 17 heavy (non-hydrogen) atoms. The summed E-state index contributed by atoms with van der Waals surface area (Å²) in [6.07, 6.45) is -4.71. The molecule has 0 atom stereocenters. The molecule has 3 nitrogen and oxygen atoms in total. The van der Waals surface area contributed by atoms with Crippen LogP contribution >= 0.6 is 38.5 Å². The Bertz CT molecular complexity index is 459. The lowest BCUT2D eigenvalue weighted by Gasteiger charge is -2.14. The van der Waals surface area contributed by atoms with Gasteiger partial charge in [-0.25, -0.2) is 4.98 Å². The van der Waals surface area contributed by atoms with Gasteiger partial charge in [0.05, 0.1) is 18.2 Å². The summed E-state index contributed by atoms with van der Waals surface area (Å²) in [5.41, 5.74) is 0.729. The van der Waals surface area contributed by atoms with E-state index in [-0.39, 0.29) is 21.2 Å². The number of hydrogen-bond donors (Lipinski definition) is 0. The first-order valence-corrected chi connectivity index (χ1v) is 6.44. The van der Waals surface area contributed by atoms with E-state index >= 15 is 0 Å². The molecular formula is C9H5BrF3IN2O. The Morgan fingerprint density at radius 3 is 2.65 bits per heavy atom. The maximum atomic E-state index is 12.2. The van der Waals surface area contributed by atoms with Gasteiger partial charge < -0.3 is 4.74 Å². The Morgan fingerprint density at radius 1 is 1.53 bits per heavy atom. The van der Waals surface area contributed by atoms with Crippen molar-refractivity contribution in [2.75, 3.05) is 0 Å². The zero-order valence-electron chi connectivity index (χ0n) is 8.18. The molecule has 0 saturated heterocycles. The highest BCUT2D eigenvalue weighted by Crippen LogP contribution is 2.32. The number of hydrogen-bond acceptors (Lipinski definition) is 3. The van der Waals surface area contributed by atoms with Crippen molar-refractivity contribution in [3.8, 4) is 11.8 Å². The van der Waals surface area contributed by atoms with E-state index in [4.69, 9.17) is 5.26 Å². The van der Waals surface area contributed by atoms with Crippen LogP contribution < -0.4 is 4.74 Å². The van der Waals surface area contributed by atoms with E-state index in [1.807, 2.05) is 6.07 Å². The molecule has 0 unspecified atom stereocenters. The fraction of sp³-hybridized carbons (Fsp3) is 0.333. The van der Waals surface area contributed by atoms with Crippen LogP contribution in [-0.2, 0) is 11.8 Å². The summed E-state index contributed by atoms with van der Waals surface area (Å²) < 4.78 is 40.5. The fourth-order valence-electron chi connectivity index (χ4n) is 1.10. The van der Waals surface area contributed by atoms with Crippen LogP contribution in [0.4, 0.5) is 13.2 Å². The van der Waals surface area contributed by atoms with Crippen molar-refractivity contribution in [2.24, 2.45) is 0 Å². The molecule has 0 fully saturated rings. The first-order chi connectivity index (χ1) is 7.87. The molecule has 8 heteroatoms. The van der Waals surface area contributed by atoms with Gasteiger partial charge in [-0.3, -0.25) is 0 Å². The lowest BCUT2D eigenvalue weighted by molar-refractivity contribution is -0.275. The molecule has 1 rings (SSSR count). The summed E-state index contributed by atoms with van der Waals surface area (Å²) in [5, 5.41) is 8.70. The number of nitrogens with zero attached hydrogens (tertiary/aromatic N) is 2. The Balaban J connectivity index is 3.17. The van der Waals surface area contributed by atoms with Crippen molar-refractivity contribution >= 4 is 38.5 Å². The molecule has 1 heterocycles. The number of halogens is 5. The van der Waals surface area contributed by atoms with Gasteiger partial charge in [0, 0.05) is 10.9 Å². The molecule has 92 valence electrons. The first kappa shape index (κ1) is 14.5. The number of ether oxygens (including phenoxy) is 1. The molecule has 0 aromatic carbocycles. The quantitative estimate of drug-likeness (QED) is 0.427. The van der Waals surface area contributed by atoms with Crippen LogP contribution in [0.5, 0.6) is 5.75 Å². The average molecular weight is 421 g/mol. The van der Waals surface area contributed by atoms with Crippen molar-refractivity contribution in [1.29, 1.82) is 5.26 Å². The topological polar surface area (TPSA) is 45.9 Å². The lowest BCUT2D eigenvalue weighted by Crippen LogP contribution is -2.19. The second-order valence-electron chi connectivity index (χ2n) is 2.91. The van der Waals surface area contributed by atoms with Gasteiger partial charge in [-0.15, -0.1) is 13.2 Å². The van der Waals surface area contributed by atoms with Crippen LogP contribution in [0.3, 0.4) is 0 Å². The number of rotatable bonds is 3. The Morgan fingerprint density at radius 2 is 2.18 bits per heavy atom. The van der Waals surface area contributed by atoms with E-state index < -0.39 is 6.36 Å². The minimum absolute atomic E-state index is 0.0439. The molecule has 0 aliphatic rings. The van der Waals surface area contributed by atoms with E-state index in [0.717, 1.165) is 0 Å². The molecule has 0 aliphatic carbocycles. The SMILES string of the molecule is N#CCc1cc(CBr)c(OC(F)(F)F)c(I)n1. The fourth-order valence-corrected chi connectivity index (χ4v) is 2.29. The summed E-state index contributed by atoms with van der Waals surface area (Å²) in [7, 11) is 0. The Hall–Kier alpha value is -0.560. The highest BCUT2D eigenvalue weighted by atomic mass is 127. The molecular weight excluding hydrogens is 416 g/mol. The predicted molar refractivity (Wildman–Crippen MR) is 65.6 cm³/mol. The summed E-state index contributed by atoms with van der Waals surface area (Å²) in [6, 6.07) is 3.30. The zero-order valence-corrected chi connectivity index (χ0v) is 11.9. The van der Waals surface area contributed by atoms with E-state index in [2.05, 4.69) is 25.7 Å². The zero-order chi connectivity index (χ0) is 13.1. The van der Waals surface area contributed by atoms with E-state index in [0.29, 0.717) is 11.3 Å². The third-order valence-corrected chi connectivity index (χ3v) is 3.02. The van der Waals surface area contributed by atoms with Crippen LogP contribution in [0.2, 0.25) is 0 Å². The van der Waals surface area contributed by atoms with E-state index in [1.54, 1.807) is 22.6 Å². The minimum atomic E-state index is -4.75. The van der Waals surface area contributed by atoms with Gasteiger partial charge in [-0.2, -0.15) is 5.26 Å². The third-order valence-electron chi connectivity index (χ3n) is 1.68. The normalized spacial score (nSPS) is 11.1. The molecule has 0 bridgehead atoms. The van der Waals surface area contributed by atoms with Crippen molar-refractivity contribution in [3.05, 3.63) is 21.0 Å². The average Bonchev–Trinajstić information content (AvgIpc) is 2.20. The minimum Gasteiger partial charge on any atom is -0.403 e. The molecule has 1 aromatic heterocycles. The lowest BCUT2D eigenvalue weighted by atomic mass is 10.2. The molecule has 1 aromatic rings. The predicted octanol–water partition coefficient (Wildman–Crippen LogP) is 3.55. The van der Waals surface area contributed by atoms with Gasteiger partial charge in [0.1, 0.15) is 3.70 Å². The van der Waals surface area contributed by atoms with Crippen LogP contribution in [0.1, 0.15) is 11.3 Å². The van der Waals surface area contributed by atoms with Gasteiger partial charge in [0.2, 0.25) is 0 Å². The van der Waals surface area contributed by atoms with Crippen LogP contribution in [-0.4, -0.2) is 11.3 Å². The van der Waals surface area contributed by atoms with Gasteiger partial charge in [-0.05, 0) is 28.7 Å². The molecule has 0 amide bonds. The number of nitriles is 1. The van der Waals surface area contributed by atoms with Crippen LogP contribution in [0.15, 0.2) is 6.07 Å². The van der Waals surface area contributed by atoms with Gasteiger partial charge in [-0.1, -0.05) is 15.9 Å². The summed E-state index contributed by atoms with van der Waals surface area (Å²) in [6.45, 7) is 0. The maximum absolute atomic E-state index is 12.2. The molecule has 0 spiro atoms. The standard InChI is InChI=1S/C9H5BrF3IN2O/c10-4-5-3-6(1-2-15)16-8(14)7(5)17-9(11,12)13/h3H,1,4H2. The first-order valence-electron chi connectivity index (χ1n) is 4.24. The number of aromatic nitrogens is 1. The second-order valence-corrected chi connectivity index (χ2v) is 4.49. The number of alkyl halides is 4. The van der Waals surface area contributed by atoms with E-state index in [9.17, 15) is 13.2 Å². The highest BCUT2D eigenvalue weighted by molar-refractivity contribution is 14.1. The third kappa shape index (κ3) is 4.31. The molecule has 0 saturated carbocycles. The molecule has 0 aliphatic heterocycles. The smallest absolute Gasteiger partial charge is 0.403 e. The Labute approximate surface area is 117 Å². The van der Waals surface area contributed by atoms with Crippen molar-refractivity contribution in [2.45, 2.75) is 18.1 Å². The monoisotopic (exact) mass is 420 g/mol. The summed E-state index contributed by atoms with van der Waals surface area (Å²) in [5.74, 6) is -0.323. The van der Waals surface area contributed by atoms with Gasteiger partial charge in [0.25, 0.3) is 0 Å². The van der Waals surface area contributed by atoms with Crippen molar-refractivity contribution < 1.29 is 17.9 Å². The second kappa shape index (κ2) is 5.86. The number of pyridine rings is 1. The van der Waals surface area contributed by atoms with Crippen molar-refractivity contribution in [1.82, 2.24) is 4.98 Å². The highest BCUT2D eigenvalue weighted by Gasteiger charge is 2.33. The molecule has 0 radical (unpaired) electrons. The van der Waals surface area contributed by atoms with Crippen LogP contribution in [0, 0.1) is 15.0 Å². The Kier molecular flexibility index (Phi) is 5.00. The maximum Gasteiger partial charge on any atom is 0.573 e. The van der Waals surface area contributed by atoms with Gasteiger partial charge in [0.15, 0.2) is 5.75 Å². The van der Waals surface area contributed by atoms with Gasteiger partial charge >= 0.3 is 6.36 Å². The van der Waals surface area contributed by atoms with Crippen molar-refractivity contribution in [3.63, 3.8) is 0 Å². The largest absolute Gasteiger partial charge is 0.573 e.